The average Bonchev–Trinajstić information content (AvgIpc) is 2.01. The molecule has 14 heavy (non-hydrogen) atoms. The van der Waals surface area contributed by atoms with Crippen LogP contribution in [0.5, 0.6) is 0 Å². The minimum Gasteiger partial charge on any atom is -0.315 e. The lowest BCUT2D eigenvalue weighted by molar-refractivity contribution is -0.118. The van der Waals surface area contributed by atoms with Gasteiger partial charge in [0.1, 0.15) is 5.78 Å². The van der Waals surface area contributed by atoms with Crippen LogP contribution in [0.3, 0.4) is 0 Å². The predicted molar refractivity (Wildman–Crippen MR) is 61.4 cm³/mol. The molecule has 0 fully saturated rings. The molecule has 0 saturated heterocycles. The lowest BCUT2D eigenvalue weighted by Crippen LogP contribution is -2.26. The highest BCUT2D eigenvalue weighted by Gasteiger charge is 2.13. The van der Waals surface area contributed by atoms with Crippen molar-refractivity contribution >= 4 is 5.78 Å². The molecule has 0 heterocycles. The molecule has 1 N–H and O–H groups in total. The fraction of sp³-hybridized carbons (Fsp3) is 0.917. The Bertz CT molecular complexity index is 166. The molecule has 0 radical (unpaired) electrons. The van der Waals surface area contributed by atoms with Crippen LogP contribution in [0, 0.1) is 11.8 Å². The molecule has 0 aromatic carbocycles. The summed E-state index contributed by atoms with van der Waals surface area (Å²) in [5, 5.41) is 3.40. The van der Waals surface area contributed by atoms with Gasteiger partial charge in [0.05, 0.1) is 0 Å². The van der Waals surface area contributed by atoms with Gasteiger partial charge in [-0.3, -0.25) is 0 Å². The van der Waals surface area contributed by atoms with E-state index in [1.807, 2.05) is 0 Å². The van der Waals surface area contributed by atoms with Crippen LogP contribution in [-0.2, 0) is 4.79 Å². The first kappa shape index (κ1) is 13.6. The quantitative estimate of drug-likeness (QED) is 0.683. The predicted octanol–water partition coefficient (Wildman–Crippen LogP) is 2.63. The van der Waals surface area contributed by atoms with Gasteiger partial charge in [-0.15, -0.1) is 0 Å². The van der Waals surface area contributed by atoms with Crippen molar-refractivity contribution in [1.82, 2.24) is 5.32 Å². The molecule has 2 nitrogen and oxygen atoms in total. The number of hydrogen-bond acceptors (Lipinski definition) is 2. The summed E-state index contributed by atoms with van der Waals surface area (Å²) in [5.41, 5.74) is 0. The van der Waals surface area contributed by atoms with Crippen LogP contribution < -0.4 is 5.32 Å². The Morgan fingerprint density at radius 3 is 2.14 bits per heavy atom. The van der Waals surface area contributed by atoms with Gasteiger partial charge in [0.25, 0.3) is 0 Å². The van der Waals surface area contributed by atoms with Crippen molar-refractivity contribution in [1.29, 1.82) is 0 Å². The van der Waals surface area contributed by atoms with E-state index >= 15 is 0 Å². The van der Waals surface area contributed by atoms with Crippen molar-refractivity contribution in [2.24, 2.45) is 11.8 Å². The highest BCUT2D eigenvalue weighted by atomic mass is 16.1. The average molecular weight is 199 g/mol. The van der Waals surface area contributed by atoms with Crippen LogP contribution in [0.1, 0.15) is 47.5 Å². The monoisotopic (exact) mass is 199 g/mol. The van der Waals surface area contributed by atoms with Gasteiger partial charge in [-0.2, -0.15) is 0 Å². The summed E-state index contributed by atoms with van der Waals surface area (Å²) in [6.07, 6.45) is 1.88. The van der Waals surface area contributed by atoms with Crippen molar-refractivity contribution in [2.75, 3.05) is 6.54 Å². The first-order valence-corrected chi connectivity index (χ1v) is 5.66. The Kier molecular flexibility index (Phi) is 6.81. The van der Waals surface area contributed by atoms with E-state index in [0.29, 0.717) is 23.7 Å². The molecule has 0 rings (SSSR count). The Balaban J connectivity index is 3.61. The van der Waals surface area contributed by atoms with Gasteiger partial charge in [0.15, 0.2) is 0 Å². The smallest absolute Gasteiger partial charge is 0.130 e. The molecule has 0 bridgehead atoms. The van der Waals surface area contributed by atoms with Crippen molar-refractivity contribution in [2.45, 2.75) is 53.5 Å². The summed E-state index contributed by atoms with van der Waals surface area (Å²) in [6, 6.07) is 0.560. The number of nitrogens with one attached hydrogen (secondary N) is 1. The maximum Gasteiger partial charge on any atom is 0.130 e. The Morgan fingerprint density at radius 1 is 1.14 bits per heavy atom. The fourth-order valence-corrected chi connectivity index (χ4v) is 1.54. The molecular weight excluding hydrogens is 174 g/mol. The van der Waals surface area contributed by atoms with Crippen LogP contribution in [-0.4, -0.2) is 18.4 Å². The summed E-state index contributed by atoms with van der Waals surface area (Å²) < 4.78 is 0. The molecule has 0 aromatic rings. The van der Waals surface area contributed by atoms with Crippen LogP contribution in [0.4, 0.5) is 0 Å². The van der Waals surface area contributed by atoms with Gasteiger partial charge < -0.3 is 10.1 Å². The minimum absolute atomic E-state index is 0.307. The molecule has 0 aliphatic heterocycles. The zero-order valence-electron chi connectivity index (χ0n) is 10.3. The first-order chi connectivity index (χ1) is 6.43. The van der Waals surface area contributed by atoms with Gasteiger partial charge in [0.2, 0.25) is 0 Å². The number of ketones is 1. The van der Waals surface area contributed by atoms with Gasteiger partial charge in [-0.1, -0.05) is 27.7 Å². The largest absolute Gasteiger partial charge is 0.315 e. The highest BCUT2D eigenvalue weighted by molar-refractivity contribution is 5.75. The third-order valence-corrected chi connectivity index (χ3v) is 2.73. The molecule has 0 saturated carbocycles. The minimum atomic E-state index is 0.307. The number of Topliss-reactive ketones (excluding diaryl/α,β-unsaturated/α-hetero) is 1. The van der Waals surface area contributed by atoms with E-state index in [1.54, 1.807) is 6.92 Å². The van der Waals surface area contributed by atoms with Crippen molar-refractivity contribution in [3.05, 3.63) is 0 Å². The third kappa shape index (κ3) is 7.07. The van der Waals surface area contributed by atoms with E-state index < -0.39 is 0 Å². The SMILES string of the molecule is CC(=O)CC(C)C(C)CCNC(C)C. The molecule has 84 valence electrons. The van der Waals surface area contributed by atoms with E-state index in [-0.39, 0.29) is 0 Å². The summed E-state index contributed by atoms with van der Waals surface area (Å²) in [5.74, 6) is 1.45. The van der Waals surface area contributed by atoms with Crippen molar-refractivity contribution in [3.8, 4) is 0 Å². The second-order valence-electron chi connectivity index (χ2n) is 4.76. The molecule has 0 spiro atoms. The first-order valence-electron chi connectivity index (χ1n) is 5.66. The molecule has 0 amide bonds. The Morgan fingerprint density at radius 2 is 1.71 bits per heavy atom. The normalized spacial score (nSPS) is 15.6. The Labute approximate surface area is 88.5 Å². The van der Waals surface area contributed by atoms with Gasteiger partial charge in [0, 0.05) is 12.5 Å². The lowest BCUT2D eigenvalue weighted by atomic mass is 9.89. The molecule has 2 atom stereocenters. The van der Waals surface area contributed by atoms with E-state index in [4.69, 9.17) is 0 Å². The molecule has 2 unspecified atom stereocenters. The number of hydrogen-bond donors (Lipinski definition) is 1. The summed E-state index contributed by atoms with van der Waals surface area (Å²) in [6.45, 7) is 11.4. The zero-order valence-corrected chi connectivity index (χ0v) is 10.3. The topological polar surface area (TPSA) is 29.1 Å². The fourth-order valence-electron chi connectivity index (χ4n) is 1.54. The molecule has 0 aromatic heterocycles. The zero-order chi connectivity index (χ0) is 11.1. The second kappa shape index (κ2) is 6.99. The number of carbonyl (C=O) groups excluding carboxylic acids is 1. The van der Waals surface area contributed by atoms with Gasteiger partial charge >= 0.3 is 0 Å². The number of carbonyl (C=O) groups is 1. The van der Waals surface area contributed by atoms with E-state index in [9.17, 15) is 4.79 Å². The molecular formula is C12H25NO. The van der Waals surface area contributed by atoms with E-state index in [1.165, 1.54) is 0 Å². The highest BCUT2D eigenvalue weighted by Crippen LogP contribution is 2.18. The summed E-state index contributed by atoms with van der Waals surface area (Å²) in [7, 11) is 0. The summed E-state index contributed by atoms with van der Waals surface area (Å²) >= 11 is 0. The van der Waals surface area contributed by atoms with Crippen LogP contribution >= 0.6 is 0 Å². The maximum atomic E-state index is 10.9. The van der Waals surface area contributed by atoms with Crippen LogP contribution in [0.2, 0.25) is 0 Å². The maximum absolute atomic E-state index is 10.9. The van der Waals surface area contributed by atoms with Gasteiger partial charge in [-0.05, 0) is 31.7 Å². The summed E-state index contributed by atoms with van der Waals surface area (Å²) in [4.78, 5) is 10.9. The second-order valence-corrected chi connectivity index (χ2v) is 4.76. The van der Waals surface area contributed by atoms with Crippen LogP contribution in [0.15, 0.2) is 0 Å². The Hall–Kier alpha value is -0.370. The lowest BCUT2D eigenvalue weighted by Gasteiger charge is -2.19. The van der Waals surface area contributed by atoms with Crippen molar-refractivity contribution in [3.63, 3.8) is 0 Å². The molecule has 0 aliphatic carbocycles. The number of rotatable bonds is 7. The molecule has 0 aliphatic rings. The van der Waals surface area contributed by atoms with Crippen molar-refractivity contribution < 1.29 is 4.79 Å². The third-order valence-electron chi connectivity index (χ3n) is 2.73. The van der Waals surface area contributed by atoms with E-state index in [2.05, 4.69) is 33.0 Å². The molecule has 2 heteroatoms. The van der Waals surface area contributed by atoms with Crippen LogP contribution in [0.25, 0.3) is 0 Å². The van der Waals surface area contributed by atoms with Gasteiger partial charge in [-0.25, -0.2) is 0 Å². The van der Waals surface area contributed by atoms with E-state index in [0.717, 1.165) is 19.4 Å². The standard InChI is InChI=1S/C12H25NO/c1-9(2)13-7-6-10(3)11(4)8-12(5)14/h9-11,13H,6-8H2,1-5H3.